The number of ether oxygens (including phenoxy) is 1. The van der Waals surface area contributed by atoms with Crippen molar-refractivity contribution in [3.63, 3.8) is 0 Å². The molecule has 1 aromatic carbocycles. The van der Waals surface area contributed by atoms with Crippen molar-refractivity contribution in [2.24, 2.45) is 0 Å². The van der Waals surface area contributed by atoms with Crippen LogP contribution in [0.2, 0.25) is 0 Å². The standard InChI is InChI=1S/C13H13FN2OS/c1-17-12-3-2-9(8-10(12)14)11-4-6-15-13(16-11)5-7-18/h2-4,6,8,18H,5,7H2,1H3. The first-order chi connectivity index (χ1) is 8.74. The molecule has 2 rings (SSSR count). The zero-order valence-corrected chi connectivity index (χ0v) is 10.8. The average molecular weight is 264 g/mol. The summed E-state index contributed by atoms with van der Waals surface area (Å²) in [5, 5.41) is 0. The Bertz CT molecular complexity index is 548. The van der Waals surface area contributed by atoms with Gasteiger partial charge in [-0.3, -0.25) is 0 Å². The highest BCUT2D eigenvalue weighted by molar-refractivity contribution is 7.80. The number of thiol groups is 1. The number of benzene rings is 1. The zero-order valence-electron chi connectivity index (χ0n) is 9.93. The van der Waals surface area contributed by atoms with E-state index in [1.165, 1.54) is 13.2 Å². The third kappa shape index (κ3) is 2.79. The molecule has 0 aliphatic rings. The van der Waals surface area contributed by atoms with Crippen molar-refractivity contribution in [3.8, 4) is 17.0 Å². The van der Waals surface area contributed by atoms with Crippen molar-refractivity contribution in [2.45, 2.75) is 6.42 Å². The van der Waals surface area contributed by atoms with Crippen LogP contribution in [0.1, 0.15) is 5.82 Å². The van der Waals surface area contributed by atoms with E-state index >= 15 is 0 Å². The Morgan fingerprint density at radius 1 is 1.33 bits per heavy atom. The minimum Gasteiger partial charge on any atom is -0.494 e. The number of methoxy groups -OCH3 is 1. The lowest BCUT2D eigenvalue weighted by Gasteiger charge is -2.06. The van der Waals surface area contributed by atoms with E-state index < -0.39 is 5.82 Å². The Hall–Kier alpha value is -1.62. The lowest BCUT2D eigenvalue weighted by molar-refractivity contribution is 0.386. The van der Waals surface area contributed by atoms with Crippen LogP contribution in [0, 0.1) is 5.82 Å². The number of aromatic nitrogens is 2. The molecule has 0 aliphatic heterocycles. The number of hydrogen-bond donors (Lipinski definition) is 1. The largest absolute Gasteiger partial charge is 0.494 e. The van der Waals surface area contributed by atoms with Gasteiger partial charge in [0.2, 0.25) is 0 Å². The van der Waals surface area contributed by atoms with E-state index in [2.05, 4.69) is 22.6 Å². The number of hydrogen-bond acceptors (Lipinski definition) is 4. The average Bonchev–Trinajstić information content (AvgIpc) is 2.39. The van der Waals surface area contributed by atoms with Crippen LogP contribution in [-0.2, 0) is 6.42 Å². The maximum atomic E-state index is 13.6. The molecule has 0 radical (unpaired) electrons. The zero-order chi connectivity index (χ0) is 13.0. The van der Waals surface area contributed by atoms with Crippen LogP contribution >= 0.6 is 12.6 Å². The fourth-order valence-corrected chi connectivity index (χ4v) is 1.81. The summed E-state index contributed by atoms with van der Waals surface area (Å²) in [4.78, 5) is 8.49. The molecular weight excluding hydrogens is 251 g/mol. The van der Waals surface area contributed by atoms with Crippen LogP contribution in [-0.4, -0.2) is 22.8 Å². The third-order valence-electron chi connectivity index (χ3n) is 2.49. The molecule has 0 unspecified atom stereocenters. The fraction of sp³-hybridized carbons (Fsp3) is 0.231. The van der Waals surface area contributed by atoms with Gasteiger partial charge in [0.05, 0.1) is 12.8 Å². The Labute approximate surface area is 110 Å². The number of halogens is 1. The van der Waals surface area contributed by atoms with E-state index in [1.807, 2.05) is 0 Å². The molecule has 0 spiro atoms. The second-order valence-electron chi connectivity index (χ2n) is 3.68. The minimum atomic E-state index is -0.399. The van der Waals surface area contributed by atoms with Gasteiger partial charge in [0.1, 0.15) is 5.82 Å². The van der Waals surface area contributed by atoms with E-state index in [-0.39, 0.29) is 5.75 Å². The highest BCUT2D eigenvalue weighted by atomic mass is 32.1. The van der Waals surface area contributed by atoms with Gasteiger partial charge in [0.15, 0.2) is 11.6 Å². The van der Waals surface area contributed by atoms with Crippen LogP contribution in [0.5, 0.6) is 5.75 Å². The first kappa shape index (κ1) is 12.8. The smallest absolute Gasteiger partial charge is 0.165 e. The molecule has 94 valence electrons. The second-order valence-corrected chi connectivity index (χ2v) is 4.13. The van der Waals surface area contributed by atoms with Gasteiger partial charge < -0.3 is 4.74 Å². The molecule has 0 aliphatic carbocycles. The molecule has 0 atom stereocenters. The normalized spacial score (nSPS) is 10.4. The van der Waals surface area contributed by atoms with Gasteiger partial charge in [-0.2, -0.15) is 12.6 Å². The van der Waals surface area contributed by atoms with E-state index in [0.29, 0.717) is 29.3 Å². The molecule has 1 heterocycles. The SMILES string of the molecule is COc1ccc(-c2ccnc(CCS)n2)cc1F. The Morgan fingerprint density at radius 2 is 2.17 bits per heavy atom. The monoisotopic (exact) mass is 264 g/mol. The van der Waals surface area contributed by atoms with Crippen LogP contribution in [0.25, 0.3) is 11.3 Å². The van der Waals surface area contributed by atoms with Crippen molar-refractivity contribution in [1.29, 1.82) is 0 Å². The van der Waals surface area contributed by atoms with Crippen molar-refractivity contribution in [2.75, 3.05) is 12.9 Å². The predicted molar refractivity (Wildman–Crippen MR) is 71.5 cm³/mol. The van der Waals surface area contributed by atoms with Crippen LogP contribution in [0.3, 0.4) is 0 Å². The summed E-state index contributed by atoms with van der Waals surface area (Å²) in [6.45, 7) is 0. The summed E-state index contributed by atoms with van der Waals surface area (Å²) in [6.07, 6.45) is 2.36. The Morgan fingerprint density at radius 3 is 2.83 bits per heavy atom. The van der Waals surface area contributed by atoms with Gasteiger partial charge in [0.25, 0.3) is 0 Å². The van der Waals surface area contributed by atoms with Crippen molar-refractivity contribution < 1.29 is 9.13 Å². The van der Waals surface area contributed by atoms with Crippen molar-refractivity contribution in [3.05, 3.63) is 42.1 Å². The molecule has 18 heavy (non-hydrogen) atoms. The summed E-state index contributed by atoms with van der Waals surface area (Å²) < 4.78 is 18.5. The molecule has 0 bridgehead atoms. The highest BCUT2D eigenvalue weighted by Gasteiger charge is 2.07. The Kier molecular flexibility index (Phi) is 4.15. The lowest BCUT2D eigenvalue weighted by Crippen LogP contribution is -1.97. The molecular formula is C13H13FN2OS. The first-order valence-electron chi connectivity index (χ1n) is 5.51. The van der Waals surface area contributed by atoms with Gasteiger partial charge >= 0.3 is 0 Å². The fourth-order valence-electron chi connectivity index (χ4n) is 1.61. The lowest BCUT2D eigenvalue weighted by atomic mass is 10.1. The summed E-state index contributed by atoms with van der Waals surface area (Å²) in [5.41, 5.74) is 1.40. The van der Waals surface area contributed by atoms with Gasteiger partial charge in [-0.1, -0.05) is 0 Å². The van der Waals surface area contributed by atoms with Crippen LogP contribution in [0.4, 0.5) is 4.39 Å². The van der Waals surface area contributed by atoms with E-state index in [9.17, 15) is 4.39 Å². The Balaban J connectivity index is 2.36. The summed E-state index contributed by atoms with van der Waals surface area (Å²) in [6, 6.07) is 6.52. The van der Waals surface area contributed by atoms with E-state index in [4.69, 9.17) is 4.74 Å². The molecule has 0 fully saturated rings. The molecule has 5 heteroatoms. The summed E-state index contributed by atoms with van der Waals surface area (Å²) >= 11 is 4.14. The van der Waals surface area contributed by atoms with Crippen molar-refractivity contribution in [1.82, 2.24) is 9.97 Å². The van der Waals surface area contributed by atoms with Crippen LogP contribution in [0.15, 0.2) is 30.5 Å². The second kappa shape index (κ2) is 5.82. The van der Waals surface area contributed by atoms with Crippen molar-refractivity contribution >= 4 is 12.6 Å². The molecule has 2 aromatic rings. The maximum absolute atomic E-state index is 13.6. The topological polar surface area (TPSA) is 35.0 Å². The molecule has 0 amide bonds. The number of nitrogens with zero attached hydrogens (tertiary/aromatic N) is 2. The number of rotatable bonds is 4. The predicted octanol–water partition coefficient (Wildman–Crippen LogP) is 2.76. The molecule has 3 nitrogen and oxygen atoms in total. The highest BCUT2D eigenvalue weighted by Crippen LogP contribution is 2.24. The maximum Gasteiger partial charge on any atom is 0.165 e. The molecule has 1 aromatic heterocycles. The summed E-state index contributed by atoms with van der Waals surface area (Å²) in [7, 11) is 1.44. The third-order valence-corrected chi connectivity index (χ3v) is 2.71. The van der Waals surface area contributed by atoms with Gasteiger partial charge in [-0.05, 0) is 30.0 Å². The molecule has 0 saturated heterocycles. The molecule has 0 saturated carbocycles. The minimum absolute atomic E-state index is 0.225. The first-order valence-corrected chi connectivity index (χ1v) is 6.14. The van der Waals surface area contributed by atoms with E-state index in [1.54, 1.807) is 24.4 Å². The van der Waals surface area contributed by atoms with E-state index in [0.717, 1.165) is 0 Å². The van der Waals surface area contributed by atoms with Gasteiger partial charge in [-0.25, -0.2) is 14.4 Å². The quantitative estimate of drug-likeness (QED) is 0.862. The van der Waals surface area contributed by atoms with Crippen LogP contribution < -0.4 is 4.74 Å². The molecule has 0 N–H and O–H groups in total. The van der Waals surface area contributed by atoms with Gasteiger partial charge in [-0.15, -0.1) is 0 Å². The number of aryl methyl sites for hydroxylation is 1. The van der Waals surface area contributed by atoms with Gasteiger partial charge in [0, 0.05) is 18.2 Å². The summed E-state index contributed by atoms with van der Waals surface area (Å²) in [5.74, 6) is 1.21.